The van der Waals surface area contributed by atoms with E-state index in [1.54, 1.807) is 0 Å². The Kier molecular flexibility index (Phi) is 3.37. The van der Waals surface area contributed by atoms with Crippen LogP contribution in [0.2, 0.25) is 0 Å². The standard InChI is InChI=1S/C10H13F2N/c1-7(13)2-3-8-4-5-9(11)6-10(8)12/h4-7H,2-3,13H2,1H3. The van der Waals surface area contributed by atoms with Crippen LogP contribution < -0.4 is 5.73 Å². The van der Waals surface area contributed by atoms with Crippen molar-refractivity contribution < 1.29 is 8.78 Å². The normalized spacial score (nSPS) is 12.9. The van der Waals surface area contributed by atoms with E-state index in [0.717, 1.165) is 6.07 Å². The third-order valence-electron chi connectivity index (χ3n) is 1.88. The fraction of sp³-hybridized carbons (Fsp3) is 0.400. The van der Waals surface area contributed by atoms with Crippen LogP contribution in [0.1, 0.15) is 18.9 Å². The minimum Gasteiger partial charge on any atom is -0.328 e. The van der Waals surface area contributed by atoms with Crippen LogP contribution >= 0.6 is 0 Å². The molecule has 0 aromatic heterocycles. The zero-order valence-corrected chi connectivity index (χ0v) is 7.56. The lowest BCUT2D eigenvalue weighted by Gasteiger charge is -2.05. The minimum atomic E-state index is -0.540. The lowest BCUT2D eigenvalue weighted by atomic mass is 10.1. The van der Waals surface area contributed by atoms with Gasteiger partial charge in [-0.3, -0.25) is 0 Å². The molecule has 2 N–H and O–H groups in total. The van der Waals surface area contributed by atoms with Gasteiger partial charge in [0, 0.05) is 12.1 Å². The molecule has 0 aliphatic carbocycles. The molecule has 1 rings (SSSR count). The van der Waals surface area contributed by atoms with Crippen molar-refractivity contribution in [2.75, 3.05) is 0 Å². The van der Waals surface area contributed by atoms with Gasteiger partial charge in [-0.1, -0.05) is 6.07 Å². The quantitative estimate of drug-likeness (QED) is 0.767. The van der Waals surface area contributed by atoms with Crippen molar-refractivity contribution >= 4 is 0 Å². The molecule has 0 saturated carbocycles. The highest BCUT2D eigenvalue weighted by molar-refractivity contribution is 5.18. The third-order valence-corrected chi connectivity index (χ3v) is 1.88. The number of hydrogen-bond acceptors (Lipinski definition) is 1. The van der Waals surface area contributed by atoms with Crippen LogP contribution in [0.3, 0.4) is 0 Å². The van der Waals surface area contributed by atoms with Gasteiger partial charge < -0.3 is 5.73 Å². The summed E-state index contributed by atoms with van der Waals surface area (Å²) in [6, 6.07) is 3.67. The van der Waals surface area contributed by atoms with Crippen LogP contribution in [0.5, 0.6) is 0 Å². The summed E-state index contributed by atoms with van der Waals surface area (Å²) in [5.41, 5.74) is 6.05. The number of halogens is 2. The van der Waals surface area contributed by atoms with Gasteiger partial charge in [0.2, 0.25) is 0 Å². The number of rotatable bonds is 3. The first-order valence-electron chi connectivity index (χ1n) is 4.29. The van der Waals surface area contributed by atoms with E-state index in [2.05, 4.69) is 0 Å². The zero-order valence-electron chi connectivity index (χ0n) is 7.56. The molecule has 0 aliphatic heterocycles. The van der Waals surface area contributed by atoms with Gasteiger partial charge in [0.25, 0.3) is 0 Å². The van der Waals surface area contributed by atoms with Crippen molar-refractivity contribution in [3.05, 3.63) is 35.4 Å². The van der Waals surface area contributed by atoms with E-state index in [-0.39, 0.29) is 6.04 Å². The first-order valence-corrected chi connectivity index (χ1v) is 4.29. The van der Waals surface area contributed by atoms with Crippen molar-refractivity contribution in [1.29, 1.82) is 0 Å². The van der Waals surface area contributed by atoms with E-state index < -0.39 is 11.6 Å². The molecule has 0 saturated heterocycles. The highest BCUT2D eigenvalue weighted by Crippen LogP contribution is 2.11. The summed E-state index contributed by atoms with van der Waals surface area (Å²) in [7, 11) is 0. The maximum atomic E-state index is 13.0. The second-order valence-corrected chi connectivity index (χ2v) is 3.25. The summed E-state index contributed by atoms with van der Waals surface area (Å²) in [5, 5.41) is 0. The number of aryl methyl sites for hydroxylation is 1. The van der Waals surface area contributed by atoms with Crippen LogP contribution in [0.4, 0.5) is 8.78 Å². The summed E-state index contributed by atoms with van der Waals surface area (Å²) >= 11 is 0. The molecule has 13 heavy (non-hydrogen) atoms. The second-order valence-electron chi connectivity index (χ2n) is 3.25. The molecule has 0 bridgehead atoms. The van der Waals surface area contributed by atoms with Crippen molar-refractivity contribution in [2.24, 2.45) is 5.73 Å². The Bertz CT molecular complexity index is 284. The predicted molar refractivity (Wildman–Crippen MR) is 48.3 cm³/mol. The minimum absolute atomic E-state index is 0.0458. The highest BCUT2D eigenvalue weighted by atomic mass is 19.1. The Morgan fingerprint density at radius 1 is 1.38 bits per heavy atom. The third kappa shape index (κ3) is 3.11. The molecule has 0 spiro atoms. The molecule has 0 fully saturated rings. The lowest BCUT2D eigenvalue weighted by molar-refractivity contribution is 0.563. The largest absolute Gasteiger partial charge is 0.328 e. The summed E-state index contributed by atoms with van der Waals surface area (Å²) in [4.78, 5) is 0. The lowest BCUT2D eigenvalue weighted by Crippen LogP contribution is -2.15. The molecule has 72 valence electrons. The summed E-state index contributed by atoms with van der Waals surface area (Å²) in [6.45, 7) is 1.86. The van der Waals surface area contributed by atoms with Gasteiger partial charge in [0.05, 0.1) is 0 Å². The first kappa shape index (κ1) is 10.1. The maximum Gasteiger partial charge on any atom is 0.129 e. The maximum absolute atomic E-state index is 13.0. The van der Waals surface area contributed by atoms with Crippen LogP contribution in [-0.2, 0) is 6.42 Å². The second kappa shape index (κ2) is 4.33. The molecular formula is C10H13F2N. The molecule has 1 unspecified atom stereocenters. The average Bonchev–Trinajstić information content (AvgIpc) is 2.02. The van der Waals surface area contributed by atoms with Crippen LogP contribution in [0, 0.1) is 11.6 Å². The molecule has 0 radical (unpaired) electrons. The summed E-state index contributed by atoms with van der Waals surface area (Å²) in [5.74, 6) is -1.03. The van der Waals surface area contributed by atoms with Crippen molar-refractivity contribution in [2.45, 2.75) is 25.8 Å². The van der Waals surface area contributed by atoms with E-state index >= 15 is 0 Å². The van der Waals surface area contributed by atoms with Gasteiger partial charge >= 0.3 is 0 Å². The molecule has 1 nitrogen and oxygen atoms in total. The van der Waals surface area contributed by atoms with Crippen molar-refractivity contribution in [3.63, 3.8) is 0 Å². The molecular weight excluding hydrogens is 172 g/mol. The average molecular weight is 185 g/mol. The first-order chi connectivity index (χ1) is 6.09. The van der Waals surface area contributed by atoms with E-state index in [0.29, 0.717) is 18.4 Å². The fourth-order valence-corrected chi connectivity index (χ4v) is 1.11. The van der Waals surface area contributed by atoms with Gasteiger partial charge in [-0.2, -0.15) is 0 Å². The van der Waals surface area contributed by atoms with E-state index in [9.17, 15) is 8.78 Å². The number of hydrogen-bond donors (Lipinski definition) is 1. The topological polar surface area (TPSA) is 26.0 Å². The Labute approximate surface area is 76.6 Å². The van der Waals surface area contributed by atoms with Crippen LogP contribution in [0.15, 0.2) is 18.2 Å². The Balaban J connectivity index is 2.67. The molecule has 1 aromatic rings. The van der Waals surface area contributed by atoms with Gasteiger partial charge in [-0.15, -0.1) is 0 Å². The SMILES string of the molecule is CC(N)CCc1ccc(F)cc1F. The predicted octanol–water partition coefficient (Wildman–Crippen LogP) is 2.24. The van der Waals surface area contributed by atoms with Gasteiger partial charge in [0.1, 0.15) is 11.6 Å². The monoisotopic (exact) mass is 185 g/mol. The zero-order chi connectivity index (χ0) is 9.84. The van der Waals surface area contributed by atoms with E-state index in [4.69, 9.17) is 5.73 Å². The Hall–Kier alpha value is -0.960. The smallest absolute Gasteiger partial charge is 0.129 e. The Morgan fingerprint density at radius 3 is 2.62 bits per heavy atom. The summed E-state index contributed by atoms with van der Waals surface area (Å²) < 4.78 is 25.5. The van der Waals surface area contributed by atoms with Gasteiger partial charge in [-0.05, 0) is 31.4 Å². The molecule has 0 heterocycles. The molecule has 1 aromatic carbocycles. The van der Waals surface area contributed by atoms with Gasteiger partial charge in [0.15, 0.2) is 0 Å². The number of benzene rings is 1. The van der Waals surface area contributed by atoms with Gasteiger partial charge in [-0.25, -0.2) is 8.78 Å². The van der Waals surface area contributed by atoms with E-state index in [1.165, 1.54) is 12.1 Å². The highest BCUT2D eigenvalue weighted by Gasteiger charge is 2.04. The molecule has 0 aliphatic rings. The fourth-order valence-electron chi connectivity index (χ4n) is 1.11. The van der Waals surface area contributed by atoms with Crippen LogP contribution in [-0.4, -0.2) is 6.04 Å². The Morgan fingerprint density at radius 2 is 2.08 bits per heavy atom. The summed E-state index contributed by atoms with van der Waals surface area (Å²) in [6.07, 6.45) is 1.27. The van der Waals surface area contributed by atoms with Crippen molar-refractivity contribution in [3.8, 4) is 0 Å². The van der Waals surface area contributed by atoms with E-state index in [1.807, 2.05) is 6.92 Å². The molecule has 1 atom stereocenters. The number of nitrogens with two attached hydrogens (primary N) is 1. The molecule has 3 heteroatoms. The van der Waals surface area contributed by atoms with Crippen molar-refractivity contribution in [1.82, 2.24) is 0 Å². The molecule has 0 amide bonds. The van der Waals surface area contributed by atoms with Crippen LogP contribution in [0.25, 0.3) is 0 Å².